The topological polar surface area (TPSA) is 0 Å². The molecule has 0 aromatic carbocycles. The van der Waals surface area contributed by atoms with Crippen molar-refractivity contribution in [2.45, 2.75) is 107 Å². The fourth-order valence-corrected chi connectivity index (χ4v) is 6.78. The zero-order chi connectivity index (χ0) is 15.3. The van der Waals surface area contributed by atoms with Crippen LogP contribution in [0.3, 0.4) is 0 Å². The van der Waals surface area contributed by atoms with E-state index in [1.807, 2.05) is 0 Å². The molecule has 0 N–H and O–H groups in total. The predicted octanol–water partition coefficient (Wildman–Crippen LogP) is 7.96. The van der Waals surface area contributed by atoms with Crippen molar-refractivity contribution < 1.29 is 0 Å². The zero-order valence-corrected chi connectivity index (χ0v) is 15.3. The standard InChI is InChI=1S/C21H38.2CH4/c1-6-17-18(20(4)12-9-15(2)10-13-20)11-14-21(5)16(3)7-8-19(17)21;;/h15-19H,6-14H2,1-5H3;2*1H4. The van der Waals surface area contributed by atoms with E-state index in [-0.39, 0.29) is 14.9 Å². The highest BCUT2D eigenvalue weighted by atomic mass is 14.6. The van der Waals surface area contributed by atoms with Gasteiger partial charge in [-0.2, -0.15) is 0 Å². The van der Waals surface area contributed by atoms with Crippen LogP contribution in [-0.4, -0.2) is 0 Å². The van der Waals surface area contributed by atoms with E-state index in [4.69, 9.17) is 0 Å². The second kappa shape index (κ2) is 7.49. The summed E-state index contributed by atoms with van der Waals surface area (Å²) in [5.41, 5.74) is 1.34. The maximum atomic E-state index is 2.66. The van der Waals surface area contributed by atoms with Crippen molar-refractivity contribution in [3.05, 3.63) is 0 Å². The quantitative estimate of drug-likeness (QED) is 0.483. The van der Waals surface area contributed by atoms with Crippen molar-refractivity contribution in [2.75, 3.05) is 0 Å². The van der Waals surface area contributed by atoms with E-state index < -0.39 is 0 Å². The molecule has 0 amide bonds. The highest BCUT2D eigenvalue weighted by molar-refractivity contribution is 5.04. The van der Waals surface area contributed by atoms with Crippen LogP contribution in [-0.2, 0) is 0 Å². The SMILES string of the molecule is C.C.CCC1C(C2(C)CCC(C)CC2)CCC2(C)C(C)CCC12. The van der Waals surface area contributed by atoms with Crippen LogP contribution in [0, 0.1) is 40.4 Å². The molecule has 0 radical (unpaired) electrons. The van der Waals surface area contributed by atoms with Crippen molar-refractivity contribution in [3.8, 4) is 0 Å². The van der Waals surface area contributed by atoms with Gasteiger partial charge in [0.1, 0.15) is 0 Å². The van der Waals surface area contributed by atoms with Crippen LogP contribution in [0.15, 0.2) is 0 Å². The summed E-state index contributed by atoms with van der Waals surface area (Å²) in [5, 5.41) is 0. The molecule has 0 heterocycles. The number of hydrogen-bond acceptors (Lipinski definition) is 0. The molecule has 3 saturated carbocycles. The third kappa shape index (κ3) is 3.38. The fraction of sp³-hybridized carbons (Fsp3) is 1.00. The van der Waals surface area contributed by atoms with Gasteiger partial charge in [0.2, 0.25) is 0 Å². The van der Waals surface area contributed by atoms with Gasteiger partial charge in [-0.1, -0.05) is 68.7 Å². The van der Waals surface area contributed by atoms with Crippen LogP contribution in [0.2, 0.25) is 0 Å². The molecule has 0 nitrogen and oxygen atoms in total. The Balaban J connectivity index is 0.00000132. The summed E-state index contributed by atoms with van der Waals surface area (Å²) >= 11 is 0. The Labute approximate surface area is 148 Å². The van der Waals surface area contributed by atoms with E-state index >= 15 is 0 Å². The van der Waals surface area contributed by atoms with Crippen molar-refractivity contribution in [3.63, 3.8) is 0 Å². The van der Waals surface area contributed by atoms with Gasteiger partial charge in [0, 0.05) is 0 Å². The summed E-state index contributed by atoms with van der Waals surface area (Å²) < 4.78 is 0. The van der Waals surface area contributed by atoms with Crippen molar-refractivity contribution in [1.82, 2.24) is 0 Å². The van der Waals surface area contributed by atoms with Gasteiger partial charge in [-0.15, -0.1) is 0 Å². The minimum atomic E-state index is 0. The van der Waals surface area contributed by atoms with Crippen molar-refractivity contribution in [2.24, 2.45) is 40.4 Å². The van der Waals surface area contributed by atoms with E-state index in [1.54, 1.807) is 0 Å². The van der Waals surface area contributed by atoms with E-state index in [2.05, 4.69) is 34.6 Å². The average molecular weight is 323 g/mol. The molecule has 0 spiro atoms. The van der Waals surface area contributed by atoms with Gasteiger partial charge < -0.3 is 0 Å². The lowest BCUT2D eigenvalue weighted by Crippen LogP contribution is -2.47. The van der Waals surface area contributed by atoms with Crippen molar-refractivity contribution in [1.29, 1.82) is 0 Å². The first-order valence-corrected chi connectivity index (χ1v) is 9.90. The molecular weight excluding hydrogens is 276 g/mol. The van der Waals surface area contributed by atoms with Crippen LogP contribution in [0.4, 0.5) is 0 Å². The molecule has 0 aliphatic heterocycles. The van der Waals surface area contributed by atoms with Crippen LogP contribution in [0.5, 0.6) is 0 Å². The first kappa shape index (κ1) is 21.0. The third-order valence-electron chi connectivity index (χ3n) is 8.69. The van der Waals surface area contributed by atoms with Crippen molar-refractivity contribution >= 4 is 0 Å². The Morgan fingerprint density at radius 2 is 1.39 bits per heavy atom. The van der Waals surface area contributed by atoms with Crippen LogP contribution in [0.1, 0.15) is 107 Å². The maximum Gasteiger partial charge on any atom is -0.0269 e. The molecular formula is C23H46. The molecule has 0 aromatic heterocycles. The summed E-state index contributed by atoms with van der Waals surface area (Å²) in [6, 6.07) is 0. The van der Waals surface area contributed by atoms with E-state index in [1.165, 1.54) is 57.8 Å². The summed E-state index contributed by atoms with van der Waals surface area (Å²) in [5.74, 6) is 5.04. The van der Waals surface area contributed by atoms with Crippen LogP contribution in [0.25, 0.3) is 0 Å². The Kier molecular flexibility index (Phi) is 6.85. The third-order valence-corrected chi connectivity index (χ3v) is 8.69. The van der Waals surface area contributed by atoms with Gasteiger partial charge in [-0.25, -0.2) is 0 Å². The van der Waals surface area contributed by atoms with Gasteiger partial charge in [0.25, 0.3) is 0 Å². The lowest BCUT2D eigenvalue weighted by molar-refractivity contribution is -0.0549. The highest BCUT2D eigenvalue weighted by Gasteiger charge is 2.54. The molecule has 3 aliphatic carbocycles. The largest absolute Gasteiger partial charge is 0.0776 e. The summed E-state index contributed by atoms with van der Waals surface area (Å²) in [6.45, 7) is 12.8. The monoisotopic (exact) mass is 322 g/mol. The number of hydrogen-bond donors (Lipinski definition) is 0. The maximum absolute atomic E-state index is 2.66. The van der Waals surface area contributed by atoms with Gasteiger partial charge in [0.15, 0.2) is 0 Å². The van der Waals surface area contributed by atoms with Gasteiger partial charge in [-0.05, 0) is 78.9 Å². The Bertz CT molecular complexity index is 362. The minimum absolute atomic E-state index is 0. The van der Waals surface area contributed by atoms with E-state index in [0.717, 1.165) is 29.6 Å². The highest BCUT2D eigenvalue weighted by Crippen LogP contribution is 2.63. The zero-order valence-electron chi connectivity index (χ0n) is 15.3. The minimum Gasteiger partial charge on any atom is -0.0776 e. The molecule has 3 rings (SSSR count). The molecule has 0 heteroatoms. The van der Waals surface area contributed by atoms with Crippen LogP contribution >= 0.6 is 0 Å². The second-order valence-corrected chi connectivity index (χ2v) is 9.64. The molecule has 3 aliphatic rings. The number of fused-ring (bicyclic) bond motifs is 1. The molecule has 0 bridgehead atoms. The summed E-state index contributed by atoms with van der Waals surface area (Å²) in [7, 11) is 0. The second-order valence-electron chi connectivity index (χ2n) is 9.64. The number of rotatable bonds is 2. The molecule has 138 valence electrons. The lowest BCUT2D eigenvalue weighted by atomic mass is 9.50. The molecule has 3 fully saturated rings. The first-order chi connectivity index (χ1) is 9.90. The molecule has 23 heavy (non-hydrogen) atoms. The summed E-state index contributed by atoms with van der Waals surface area (Å²) in [6.07, 6.45) is 13.5. The normalized spacial score (nSPS) is 49.7. The Morgan fingerprint density at radius 1 is 0.783 bits per heavy atom. The average Bonchev–Trinajstić information content (AvgIpc) is 2.77. The molecule has 5 unspecified atom stereocenters. The molecule has 0 saturated heterocycles. The smallest absolute Gasteiger partial charge is 0.0269 e. The van der Waals surface area contributed by atoms with E-state index in [0.29, 0.717) is 10.8 Å². The molecule has 5 atom stereocenters. The van der Waals surface area contributed by atoms with E-state index in [9.17, 15) is 0 Å². The lowest BCUT2D eigenvalue weighted by Gasteiger charge is -2.55. The van der Waals surface area contributed by atoms with Gasteiger partial charge >= 0.3 is 0 Å². The first-order valence-electron chi connectivity index (χ1n) is 9.90. The van der Waals surface area contributed by atoms with Gasteiger partial charge in [-0.3, -0.25) is 0 Å². The Hall–Kier alpha value is 0. The van der Waals surface area contributed by atoms with Crippen LogP contribution < -0.4 is 0 Å². The Morgan fingerprint density at radius 3 is 1.96 bits per heavy atom. The summed E-state index contributed by atoms with van der Waals surface area (Å²) in [4.78, 5) is 0. The fourth-order valence-electron chi connectivity index (χ4n) is 6.78. The van der Waals surface area contributed by atoms with Gasteiger partial charge in [0.05, 0.1) is 0 Å². The molecule has 0 aromatic rings. The predicted molar refractivity (Wildman–Crippen MR) is 106 cm³/mol.